The number of aromatic nitrogens is 5. The lowest BCUT2D eigenvalue weighted by Gasteiger charge is -2.30. The van der Waals surface area contributed by atoms with E-state index in [1.807, 2.05) is 12.1 Å². The van der Waals surface area contributed by atoms with Gasteiger partial charge in [-0.15, -0.1) is 5.10 Å². The van der Waals surface area contributed by atoms with Crippen molar-refractivity contribution in [2.24, 2.45) is 5.92 Å². The Hall–Kier alpha value is -2.46. The van der Waals surface area contributed by atoms with E-state index >= 15 is 0 Å². The predicted molar refractivity (Wildman–Crippen MR) is 113 cm³/mol. The number of hydrogen-bond donors (Lipinski definition) is 3. The number of carbonyl (C=O) groups is 1. The molecule has 1 aliphatic rings. The Bertz CT molecular complexity index is 893. The van der Waals surface area contributed by atoms with E-state index in [0.717, 1.165) is 35.1 Å². The molecule has 1 saturated heterocycles. The number of thioether (sulfide) groups is 1. The van der Waals surface area contributed by atoms with Crippen LogP contribution in [0.5, 0.6) is 5.75 Å². The average Bonchev–Trinajstić information content (AvgIpc) is 3.47. The summed E-state index contributed by atoms with van der Waals surface area (Å²) in [7, 11) is 0. The highest BCUT2D eigenvalue weighted by molar-refractivity contribution is 7.99. The monoisotopic (exact) mass is 430 g/mol. The molecule has 2 aromatic heterocycles. The first-order valence-electron chi connectivity index (χ1n) is 9.41. The van der Waals surface area contributed by atoms with E-state index in [1.54, 1.807) is 47.5 Å². The summed E-state index contributed by atoms with van der Waals surface area (Å²) in [5.41, 5.74) is 0.979. The molecule has 2 N–H and O–H groups in total. The molecule has 3 aromatic rings. The van der Waals surface area contributed by atoms with Gasteiger partial charge < -0.3 is 14.6 Å². The first-order chi connectivity index (χ1) is 14.2. The van der Waals surface area contributed by atoms with Gasteiger partial charge >= 0.3 is 6.09 Å². The molecule has 1 amide bonds. The molecule has 1 atom stereocenters. The van der Waals surface area contributed by atoms with Crippen molar-refractivity contribution in [2.75, 3.05) is 18.8 Å². The van der Waals surface area contributed by atoms with Crippen molar-refractivity contribution in [3.05, 3.63) is 54.4 Å². The number of piperidine rings is 1. The Morgan fingerprint density at radius 3 is 2.72 bits per heavy atom. The van der Waals surface area contributed by atoms with Crippen molar-refractivity contribution < 1.29 is 9.53 Å². The van der Waals surface area contributed by atoms with Gasteiger partial charge in [0.25, 0.3) is 0 Å². The summed E-state index contributed by atoms with van der Waals surface area (Å²) in [6.45, 7) is 1.40. The molecule has 0 radical (unpaired) electrons. The summed E-state index contributed by atoms with van der Waals surface area (Å²) in [4.78, 5) is 25.6. The van der Waals surface area contributed by atoms with Crippen LogP contribution < -0.4 is 4.74 Å². The molecule has 4 rings (SSSR count). The maximum Gasteiger partial charge on any atom is 0.415 e. The average molecular weight is 431 g/mol. The van der Waals surface area contributed by atoms with Gasteiger partial charge in [-0.05, 0) is 36.5 Å². The maximum atomic E-state index is 12.5. The molecule has 1 aliphatic heterocycles. The van der Waals surface area contributed by atoms with Gasteiger partial charge in [0.1, 0.15) is 17.9 Å². The number of likely N-dealkylation sites (tertiary alicyclic amines) is 1. The first-order valence-corrected chi connectivity index (χ1v) is 10.9. The van der Waals surface area contributed by atoms with Crippen LogP contribution in [0.4, 0.5) is 4.79 Å². The lowest BCUT2D eigenvalue weighted by atomic mass is 9.99. The van der Waals surface area contributed by atoms with Crippen LogP contribution in [0.25, 0.3) is 0 Å². The van der Waals surface area contributed by atoms with E-state index < -0.39 is 0 Å². The fourth-order valence-electron chi connectivity index (χ4n) is 3.21. The number of rotatable bonds is 6. The van der Waals surface area contributed by atoms with Gasteiger partial charge in [-0.3, -0.25) is 5.10 Å². The summed E-state index contributed by atoms with van der Waals surface area (Å²) in [6.07, 6.45) is 6.66. The number of aromatic amines is 2. The number of imidazole rings is 1. The molecule has 8 nitrogen and oxygen atoms in total. The summed E-state index contributed by atoms with van der Waals surface area (Å²) < 4.78 is 5.54. The number of H-pyrrole nitrogens is 2. The summed E-state index contributed by atoms with van der Waals surface area (Å²) >= 11 is 6.23. The van der Waals surface area contributed by atoms with E-state index in [1.165, 1.54) is 0 Å². The first kappa shape index (κ1) is 19.8. The van der Waals surface area contributed by atoms with Crippen LogP contribution in [0, 0.1) is 5.92 Å². The third-order valence-electron chi connectivity index (χ3n) is 4.89. The molecule has 1 fully saturated rings. The predicted octanol–water partition coefficient (Wildman–Crippen LogP) is 3.55. The lowest BCUT2D eigenvalue weighted by Crippen LogP contribution is -2.40. The largest absolute Gasteiger partial charge is 0.415 e. The smallest absolute Gasteiger partial charge is 0.410 e. The van der Waals surface area contributed by atoms with Gasteiger partial charge in [0.2, 0.25) is 5.16 Å². The normalized spacial score (nSPS) is 16.0. The van der Waals surface area contributed by atoms with Crippen LogP contribution in [-0.4, -0.2) is 55.0 Å². The molecule has 0 spiro atoms. The van der Waals surface area contributed by atoms with Crippen molar-refractivity contribution >= 4 is 30.5 Å². The zero-order valence-electron chi connectivity index (χ0n) is 15.7. The molecular weight excluding hydrogens is 408 g/mol. The minimum absolute atomic E-state index is 0.150. The number of ether oxygens (including phenoxy) is 1. The maximum absolute atomic E-state index is 12.5. The van der Waals surface area contributed by atoms with Crippen LogP contribution in [0.15, 0.2) is 48.1 Å². The highest BCUT2D eigenvalue weighted by atomic mass is 32.2. The number of benzene rings is 1. The van der Waals surface area contributed by atoms with E-state index in [4.69, 9.17) is 4.74 Å². The molecule has 152 valence electrons. The minimum Gasteiger partial charge on any atom is -0.410 e. The fraction of sp³-hybridized carbons (Fsp3) is 0.368. The number of nitrogens with zero attached hydrogens (tertiary/aromatic N) is 4. The molecule has 3 heterocycles. The van der Waals surface area contributed by atoms with Crippen molar-refractivity contribution in [1.29, 1.82) is 0 Å². The number of thiol groups is 1. The Balaban J connectivity index is 1.24. The van der Waals surface area contributed by atoms with E-state index in [2.05, 4.69) is 37.8 Å². The lowest BCUT2D eigenvalue weighted by molar-refractivity contribution is 0.134. The fourth-order valence-corrected chi connectivity index (χ4v) is 4.49. The molecular formula is C19H22N6O2S2. The van der Waals surface area contributed by atoms with E-state index in [9.17, 15) is 4.79 Å². The topological polar surface area (TPSA) is 99.8 Å². The summed E-state index contributed by atoms with van der Waals surface area (Å²) in [5, 5.41) is 7.39. The Morgan fingerprint density at radius 2 is 2.07 bits per heavy atom. The highest BCUT2D eigenvalue weighted by Crippen LogP contribution is 2.28. The van der Waals surface area contributed by atoms with E-state index in [0.29, 0.717) is 24.8 Å². The van der Waals surface area contributed by atoms with Crippen molar-refractivity contribution in [3.8, 4) is 5.75 Å². The highest BCUT2D eigenvalue weighted by Gasteiger charge is 2.24. The second-order valence-corrected chi connectivity index (χ2v) is 8.34. The van der Waals surface area contributed by atoms with Crippen LogP contribution in [0.3, 0.4) is 0 Å². The van der Waals surface area contributed by atoms with Gasteiger partial charge in [-0.25, -0.2) is 14.8 Å². The van der Waals surface area contributed by atoms with E-state index in [-0.39, 0.29) is 11.3 Å². The van der Waals surface area contributed by atoms with Gasteiger partial charge in [0, 0.05) is 31.2 Å². The quantitative estimate of drug-likeness (QED) is 0.409. The standard InChI is InChI=1S/C19H22N6O2S2/c26-19(25-9-5-13(6-10-25)11-29-18-22-12-23-24-18)27-15-3-1-14(2-4-15)16(28)17-20-7-8-21-17/h1-4,7-8,12-13,16,28H,5-6,9-11H2,(H,20,21)(H,22,23,24). The Morgan fingerprint density at radius 1 is 1.28 bits per heavy atom. The van der Waals surface area contributed by atoms with Crippen LogP contribution in [-0.2, 0) is 0 Å². The molecule has 0 bridgehead atoms. The number of nitrogens with one attached hydrogen (secondary N) is 2. The zero-order chi connectivity index (χ0) is 20.1. The Labute approximate surface area is 178 Å². The SMILES string of the molecule is O=C(Oc1ccc(C(S)c2ncc[nH]2)cc1)N1CCC(CSc2nc[nH]n2)CC1. The van der Waals surface area contributed by atoms with Gasteiger partial charge in [0.05, 0.1) is 5.25 Å². The number of amides is 1. The summed E-state index contributed by atoms with van der Waals surface area (Å²) in [5.74, 6) is 2.82. The van der Waals surface area contributed by atoms with Crippen LogP contribution in [0.2, 0.25) is 0 Å². The van der Waals surface area contributed by atoms with Crippen molar-refractivity contribution in [3.63, 3.8) is 0 Å². The molecule has 0 aliphatic carbocycles. The van der Waals surface area contributed by atoms with Crippen LogP contribution >= 0.6 is 24.4 Å². The molecule has 0 saturated carbocycles. The van der Waals surface area contributed by atoms with Crippen LogP contribution in [0.1, 0.15) is 29.5 Å². The minimum atomic E-state index is -0.300. The van der Waals surface area contributed by atoms with Crippen molar-refractivity contribution in [1.82, 2.24) is 30.0 Å². The van der Waals surface area contributed by atoms with Gasteiger partial charge in [0.15, 0.2) is 0 Å². The van der Waals surface area contributed by atoms with Gasteiger partial charge in [-0.2, -0.15) is 12.6 Å². The van der Waals surface area contributed by atoms with Crippen molar-refractivity contribution in [2.45, 2.75) is 23.2 Å². The molecule has 1 unspecified atom stereocenters. The second kappa shape index (κ2) is 9.36. The third-order valence-corrected chi connectivity index (χ3v) is 6.53. The number of carbonyl (C=O) groups excluding carboxylic acids is 1. The summed E-state index contributed by atoms with van der Waals surface area (Å²) in [6, 6.07) is 7.38. The molecule has 1 aromatic carbocycles. The second-order valence-electron chi connectivity index (χ2n) is 6.84. The molecule has 10 heteroatoms. The number of hydrogen-bond acceptors (Lipinski definition) is 7. The zero-order valence-corrected chi connectivity index (χ0v) is 17.4. The molecule has 29 heavy (non-hydrogen) atoms. The van der Waals surface area contributed by atoms with Gasteiger partial charge in [-0.1, -0.05) is 23.9 Å². The third kappa shape index (κ3) is 5.13. The Kier molecular flexibility index (Phi) is 6.40.